The van der Waals surface area contributed by atoms with Gasteiger partial charge in [0.25, 0.3) is 5.91 Å². The Hall–Kier alpha value is -1.99. The third-order valence-corrected chi connectivity index (χ3v) is 1.95. The molecule has 17 heavy (non-hydrogen) atoms. The van der Waals surface area contributed by atoms with Crippen molar-refractivity contribution in [3.8, 4) is 0 Å². The molecule has 0 aliphatic carbocycles. The number of benzene rings is 1. The minimum Gasteiger partial charge on any atom is -0.370 e. The summed E-state index contributed by atoms with van der Waals surface area (Å²) in [5.74, 6) is -4.47. The number of nitrogens with zero attached hydrogens (tertiary/aromatic N) is 1. The number of aliphatic imine (C=N–C) groups is 1. The molecule has 92 valence electrons. The summed E-state index contributed by atoms with van der Waals surface area (Å²) < 4.78 is 13.3. The minimum absolute atomic E-state index is 0.0517. The summed E-state index contributed by atoms with van der Waals surface area (Å²) in [5.41, 5.74) is 9.55. The zero-order valence-electron chi connectivity index (χ0n) is 9.01. The first-order chi connectivity index (χ1) is 7.71. The molecule has 1 amide bonds. The monoisotopic (exact) mass is 241 g/mol. The molecule has 0 aliphatic heterocycles. The van der Waals surface area contributed by atoms with Crippen molar-refractivity contribution in [1.29, 1.82) is 0 Å². The molecule has 0 bridgehead atoms. The van der Waals surface area contributed by atoms with E-state index in [0.29, 0.717) is 0 Å². The van der Waals surface area contributed by atoms with Crippen LogP contribution in [0.1, 0.15) is 22.8 Å². The Labute approximate surface area is 96.4 Å². The van der Waals surface area contributed by atoms with Crippen LogP contribution in [-0.2, 0) is 5.79 Å². The summed E-state index contributed by atoms with van der Waals surface area (Å²) in [7, 11) is 0. The molecule has 1 aromatic carbocycles. The lowest BCUT2D eigenvalue weighted by Crippen LogP contribution is -2.25. The number of hydrogen-bond acceptors (Lipinski definition) is 3. The van der Waals surface area contributed by atoms with E-state index in [-0.39, 0.29) is 5.56 Å². The molecule has 0 saturated heterocycles. The molecule has 0 atom stereocenters. The van der Waals surface area contributed by atoms with Gasteiger partial charge in [-0.15, -0.1) is 0 Å². The number of aliphatic hydroxyl groups is 2. The van der Waals surface area contributed by atoms with Crippen LogP contribution >= 0.6 is 0 Å². The fraction of sp³-hybridized carbons (Fsp3) is 0.200. The lowest BCUT2D eigenvalue weighted by Gasteiger charge is -2.17. The molecule has 6 nitrogen and oxygen atoms in total. The molecule has 6 N–H and O–H groups in total. The highest BCUT2D eigenvalue weighted by atomic mass is 19.1. The third kappa shape index (κ3) is 3.23. The van der Waals surface area contributed by atoms with Gasteiger partial charge in [-0.3, -0.25) is 4.79 Å². The number of guanidine groups is 1. The van der Waals surface area contributed by atoms with Crippen molar-refractivity contribution in [2.75, 3.05) is 0 Å². The van der Waals surface area contributed by atoms with Crippen LogP contribution in [0.5, 0.6) is 0 Å². The maximum Gasteiger partial charge on any atom is 0.280 e. The number of amides is 1. The van der Waals surface area contributed by atoms with Gasteiger partial charge in [0.15, 0.2) is 11.7 Å². The van der Waals surface area contributed by atoms with Crippen molar-refractivity contribution in [1.82, 2.24) is 0 Å². The van der Waals surface area contributed by atoms with Crippen LogP contribution in [0, 0.1) is 5.82 Å². The Bertz CT molecular complexity index is 476. The Morgan fingerprint density at radius 3 is 2.47 bits per heavy atom. The maximum atomic E-state index is 13.3. The van der Waals surface area contributed by atoms with Gasteiger partial charge >= 0.3 is 0 Å². The quantitative estimate of drug-likeness (QED) is 0.313. The van der Waals surface area contributed by atoms with Crippen LogP contribution in [0.25, 0.3) is 0 Å². The summed E-state index contributed by atoms with van der Waals surface area (Å²) in [6.07, 6.45) is 0. The molecule has 1 rings (SSSR count). The van der Waals surface area contributed by atoms with Gasteiger partial charge in [0, 0.05) is 11.1 Å². The summed E-state index contributed by atoms with van der Waals surface area (Å²) in [4.78, 5) is 14.7. The van der Waals surface area contributed by atoms with E-state index in [9.17, 15) is 19.4 Å². The van der Waals surface area contributed by atoms with E-state index in [2.05, 4.69) is 4.99 Å². The van der Waals surface area contributed by atoms with Crippen LogP contribution in [-0.4, -0.2) is 22.1 Å². The average Bonchev–Trinajstić information content (AvgIpc) is 2.15. The van der Waals surface area contributed by atoms with Crippen LogP contribution in [0.4, 0.5) is 4.39 Å². The topological polar surface area (TPSA) is 122 Å². The highest BCUT2D eigenvalue weighted by molar-refractivity contribution is 6.01. The largest absolute Gasteiger partial charge is 0.370 e. The summed E-state index contributed by atoms with van der Waals surface area (Å²) in [6, 6.07) is 3.04. The minimum atomic E-state index is -2.39. The van der Waals surface area contributed by atoms with E-state index in [1.54, 1.807) is 0 Å². The van der Waals surface area contributed by atoms with Crippen LogP contribution in [0.3, 0.4) is 0 Å². The highest BCUT2D eigenvalue weighted by Crippen LogP contribution is 2.22. The summed E-state index contributed by atoms with van der Waals surface area (Å²) >= 11 is 0. The number of nitrogens with two attached hydrogens (primary N) is 2. The number of carbonyl (C=O) groups is 1. The molecule has 0 unspecified atom stereocenters. The highest BCUT2D eigenvalue weighted by Gasteiger charge is 2.24. The predicted octanol–water partition coefficient (Wildman–Crippen LogP) is -0.603. The predicted molar refractivity (Wildman–Crippen MR) is 58.3 cm³/mol. The summed E-state index contributed by atoms with van der Waals surface area (Å²) in [6.45, 7) is 0.972. The summed E-state index contributed by atoms with van der Waals surface area (Å²) in [5, 5.41) is 18.6. The molecule has 7 heteroatoms. The Morgan fingerprint density at radius 1 is 1.41 bits per heavy atom. The van der Waals surface area contributed by atoms with Crippen molar-refractivity contribution in [3.63, 3.8) is 0 Å². The third-order valence-electron chi connectivity index (χ3n) is 1.95. The van der Waals surface area contributed by atoms with Gasteiger partial charge < -0.3 is 21.7 Å². The normalized spacial score (nSPS) is 11.1. The van der Waals surface area contributed by atoms with Crippen molar-refractivity contribution in [2.45, 2.75) is 12.7 Å². The van der Waals surface area contributed by atoms with Gasteiger partial charge in [0.2, 0.25) is 0 Å². The zero-order valence-corrected chi connectivity index (χ0v) is 9.01. The van der Waals surface area contributed by atoms with Crippen LogP contribution in [0.15, 0.2) is 23.2 Å². The molecule has 0 aromatic heterocycles. The number of hydrogen-bond donors (Lipinski definition) is 4. The van der Waals surface area contributed by atoms with E-state index in [0.717, 1.165) is 25.1 Å². The Morgan fingerprint density at radius 2 is 2.00 bits per heavy atom. The van der Waals surface area contributed by atoms with Crippen molar-refractivity contribution < 1.29 is 19.4 Å². The molecule has 0 radical (unpaired) electrons. The van der Waals surface area contributed by atoms with E-state index < -0.39 is 29.0 Å². The second-order valence-electron chi connectivity index (χ2n) is 3.56. The van der Waals surface area contributed by atoms with E-state index in [1.165, 1.54) is 0 Å². The molecule has 0 aliphatic rings. The smallest absolute Gasteiger partial charge is 0.280 e. The molecule has 0 fully saturated rings. The van der Waals surface area contributed by atoms with Crippen LogP contribution in [0.2, 0.25) is 0 Å². The van der Waals surface area contributed by atoms with Gasteiger partial charge in [-0.2, -0.15) is 4.99 Å². The van der Waals surface area contributed by atoms with E-state index >= 15 is 0 Å². The molecule has 1 aromatic rings. The molecule has 0 spiro atoms. The van der Waals surface area contributed by atoms with Crippen molar-refractivity contribution >= 4 is 11.9 Å². The second kappa shape index (κ2) is 4.48. The fourth-order valence-corrected chi connectivity index (χ4v) is 1.20. The van der Waals surface area contributed by atoms with Crippen molar-refractivity contribution in [2.24, 2.45) is 16.5 Å². The Balaban J connectivity index is 3.23. The second-order valence-corrected chi connectivity index (χ2v) is 3.56. The SMILES string of the molecule is CC(O)(O)c1cc(C(=O)N=C(N)N)ccc1F. The first-order valence-corrected chi connectivity index (χ1v) is 4.60. The maximum absolute atomic E-state index is 13.3. The first kappa shape index (κ1) is 13.1. The lowest BCUT2D eigenvalue weighted by atomic mass is 10.0. The lowest BCUT2D eigenvalue weighted by molar-refractivity contribution is -0.154. The molecule has 0 saturated carbocycles. The molecule has 0 heterocycles. The number of rotatable bonds is 2. The van der Waals surface area contributed by atoms with E-state index in [1.807, 2.05) is 0 Å². The number of halogens is 1. The fourth-order valence-electron chi connectivity index (χ4n) is 1.20. The molecular formula is C10H12FN3O3. The van der Waals surface area contributed by atoms with E-state index in [4.69, 9.17) is 11.5 Å². The standard InChI is InChI=1S/C10H12FN3O3/c1-10(16,17)6-4-5(2-3-7(6)11)8(15)14-9(12)13/h2-4,16-17H,1H3,(H4,12,13,14,15). The first-order valence-electron chi connectivity index (χ1n) is 4.60. The average molecular weight is 241 g/mol. The Kier molecular flexibility index (Phi) is 3.45. The van der Waals surface area contributed by atoms with Gasteiger partial charge in [0.05, 0.1) is 0 Å². The van der Waals surface area contributed by atoms with Crippen molar-refractivity contribution in [3.05, 3.63) is 35.1 Å². The zero-order chi connectivity index (χ0) is 13.2. The van der Waals surface area contributed by atoms with Gasteiger partial charge in [-0.05, 0) is 25.1 Å². The van der Waals surface area contributed by atoms with Crippen LogP contribution < -0.4 is 11.5 Å². The van der Waals surface area contributed by atoms with Gasteiger partial charge in [0.1, 0.15) is 5.82 Å². The number of carbonyl (C=O) groups excluding carboxylic acids is 1. The van der Waals surface area contributed by atoms with Gasteiger partial charge in [-0.25, -0.2) is 4.39 Å². The van der Waals surface area contributed by atoms with Gasteiger partial charge in [-0.1, -0.05) is 0 Å². The molecular weight excluding hydrogens is 229 g/mol.